The van der Waals surface area contributed by atoms with E-state index in [1.54, 1.807) is 24.8 Å². The smallest absolute Gasteiger partial charge is 0.249 e. The Bertz CT molecular complexity index is 1210. The van der Waals surface area contributed by atoms with Crippen molar-refractivity contribution >= 4 is 17.1 Å². The van der Waals surface area contributed by atoms with Crippen LogP contribution in [0.15, 0.2) is 43.2 Å². The van der Waals surface area contributed by atoms with Gasteiger partial charge in [-0.3, -0.25) is 9.36 Å². The number of carbonyl (C=O) groups is 1. The number of hydrogen-bond acceptors (Lipinski definition) is 6. The van der Waals surface area contributed by atoms with Crippen LogP contribution in [0.5, 0.6) is 0 Å². The topological polar surface area (TPSA) is 112 Å². The number of imidazole rings is 1. The molecule has 28 heavy (non-hydrogen) atoms. The van der Waals surface area contributed by atoms with Crippen molar-refractivity contribution in [2.24, 2.45) is 5.73 Å². The largest absolute Gasteiger partial charge is 0.366 e. The molecule has 1 amide bonds. The lowest BCUT2D eigenvalue weighted by Gasteiger charge is -2.16. The molecule has 8 heteroatoms. The fourth-order valence-corrected chi connectivity index (χ4v) is 3.62. The number of nitrogens with zero attached hydrogens (tertiary/aromatic N) is 6. The second-order valence-corrected chi connectivity index (χ2v) is 6.91. The van der Waals surface area contributed by atoms with Crippen LogP contribution in [0.4, 0.5) is 0 Å². The highest BCUT2D eigenvalue weighted by Gasteiger charge is 2.32. The van der Waals surface area contributed by atoms with Gasteiger partial charge < -0.3 is 5.73 Å². The number of hydrogen-bond donors (Lipinski definition) is 1. The number of primary amides is 1. The van der Waals surface area contributed by atoms with E-state index in [0.717, 1.165) is 29.7 Å². The van der Waals surface area contributed by atoms with Crippen molar-refractivity contribution in [2.45, 2.75) is 25.7 Å². The van der Waals surface area contributed by atoms with Crippen LogP contribution < -0.4 is 5.73 Å². The molecule has 1 aliphatic carbocycles. The Morgan fingerprint density at radius 2 is 1.89 bits per heavy atom. The van der Waals surface area contributed by atoms with Crippen molar-refractivity contribution in [3.8, 4) is 17.2 Å². The average molecular weight is 371 g/mol. The Kier molecular flexibility index (Phi) is 3.65. The van der Waals surface area contributed by atoms with Crippen molar-refractivity contribution in [3.63, 3.8) is 0 Å². The van der Waals surface area contributed by atoms with Gasteiger partial charge in [-0.1, -0.05) is 6.07 Å². The summed E-state index contributed by atoms with van der Waals surface area (Å²) in [4.78, 5) is 33.9. The molecule has 2 N–H and O–H groups in total. The Morgan fingerprint density at radius 3 is 2.61 bits per heavy atom. The van der Waals surface area contributed by atoms with Crippen molar-refractivity contribution in [3.05, 3.63) is 59.9 Å². The lowest BCUT2D eigenvalue weighted by Crippen LogP contribution is -2.16. The number of fused-ring (bicyclic) bond motifs is 1. The summed E-state index contributed by atoms with van der Waals surface area (Å²) in [6.45, 7) is 2.01. The number of rotatable bonds is 4. The molecule has 3 aromatic heterocycles. The van der Waals surface area contributed by atoms with Crippen LogP contribution in [-0.4, -0.2) is 35.4 Å². The first-order valence-corrected chi connectivity index (χ1v) is 9.04. The maximum Gasteiger partial charge on any atom is 0.249 e. The molecule has 1 aliphatic rings. The molecule has 1 aromatic carbocycles. The lowest BCUT2D eigenvalue weighted by molar-refractivity contribution is 0.0999. The van der Waals surface area contributed by atoms with E-state index in [-0.39, 0.29) is 0 Å². The van der Waals surface area contributed by atoms with Gasteiger partial charge in [0.05, 0.1) is 5.69 Å². The Morgan fingerprint density at radius 1 is 1.11 bits per heavy atom. The zero-order valence-corrected chi connectivity index (χ0v) is 15.2. The zero-order valence-electron chi connectivity index (χ0n) is 15.2. The number of amides is 1. The number of carbonyl (C=O) groups excluding carboxylic acids is 1. The molecule has 5 rings (SSSR count). The molecule has 138 valence electrons. The van der Waals surface area contributed by atoms with E-state index >= 15 is 0 Å². The molecule has 0 saturated heterocycles. The molecule has 0 spiro atoms. The van der Waals surface area contributed by atoms with Gasteiger partial charge in [-0.25, -0.2) is 24.9 Å². The standard InChI is InChI=1S/C20H17N7O/c1-11-3-6-13(18(21)28)14(12-4-5-12)17(11)27-10-26-16-15(24-9-25-20(16)27)19-22-7-2-8-23-19/h2-3,6-10,12H,4-5H2,1H3,(H2,21,28). The van der Waals surface area contributed by atoms with Crippen LogP contribution in [0.25, 0.3) is 28.4 Å². The molecule has 1 saturated carbocycles. The van der Waals surface area contributed by atoms with Gasteiger partial charge in [-0.05, 0) is 48.9 Å². The SMILES string of the molecule is Cc1ccc(C(N)=O)c(C2CC2)c1-n1cnc2c(-c3ncccn3)ncnc21. The highest BCUT2D eigenvalue weighted by Crippen LogP contribution is 2.45. The van der Waals surface area contributed by atoms with E-state index in [1.165, 1.54) is 6.33 Å². The van der Waals surface area contributed by atoms with E-state index in [9.17, 15) is 4.79 Å². The maximum absolute atomic E-state index is 12.0. The van der Waals surface area contributed by atoms with Crippen LogP contribution in [-0.2, 0) is 0 Å². The Balaban J connectivity index is 1.78. The number of aromatic nitrogens is 6. The fourth-order valence-electron chi connectivity index (χ4n) is 3.62. The average Bonchev–Trinajstić information content (AvgIpc) is 3.47. The molecular weight excluding hydrogens is 354 g/mol. The van der Waals surface area contributed by atoms with Gasteiger partial charge in [0, 0.05) is 18.0 Å². The summed E-state index contributed by atoms with van der Waals surface area (Å²) >= 11 is 0. The monoisotopic (exact) mass is 371 g/mol. The minimum atomic E-state index is -0.416. The minimum Gasteiger partial charge on any atom is -0.366 e. The van der Waals surface area contributed by atoms with Gasteiger partial charge in [0.1, 0.15) is 23.9 Å². The van der Waals surface area contributed by atoms with Gasteiger partial charge in [0.15, 0.2) is 11.5 Å². The number of aryl methyl sites for hydroxylation is 1. The third kappa shape index (κ3) is 2.53. The molecule has 4 aromatic rings. The summed E-state index contributed by atoms with van der Waals surface area (Å²) in [5.41, 5.74) is 11.0. The Hall–Kier alpha value is -3.68. The normalized spacial score (nSPS) is 13.8. The zero-order chi connectivity index (χ0) is 19.3. The molecular formula is C20H17N7O. The second kappa shape index (κ2) is 6.19. The quantitative estimate of drug-likeness (QED) is 0.590. The summed E-state index contributed by atoms with van der Waals surface area (Å²) in [6, 6.07) is 5.47. The summed E-state index contributed by atoms with van der Waals surface area (Å²) in [5, 5.41) is 0. The molecule has 0 atom stereocenters. The van der Waals surface area contributed by atoms with Crippen molar-refractivity contribution in [2.75, 3.05) is 0 Å². The predicted octanol–water partition coefficient (Wildman–Crippen LogP) is 2.56. The van der Waals surface area contributed by atoms with Crippen molar-refractivity contribution < 1.29 is 4.79 Å². The minimum absolute atomic E-state index is 0.327. The third-order valence-electron chi connectivity index (χ3n) is 5.02. The number of nitrogens with two attached hydrogens (primary N) is 1. The lowest BCUT2D eigenvalue weighted by atomic mass is 9.97. The van der Waals surface area contributed by atoms with E-state index in [2.05, 4.69) is 24.9 Å². The molecule has 3 heterocycles. The fraction of sp³-hybridized carbons (Fsp3) is 0.200. The van der Waals surface area contributed by atoms with E-state index in [0.29, 0.717) is 34.2 Å². The van der Waals surface area contributed by atoms with Crippen LogP contribution in [0, 0.1) is 6.92 Å². The van der Waals surface area contributed by atoms with E-state index < -0.39 is 5.91 Å². The highest BCUT2D eigenvalue weighted by molar-refractivity contribution is 5.96. The molecule has 8 nitrogen and oxygen atoms in total. The van der Waals surface area contributed by atoms with Gasteiger partial charge in [-0.2, -0.15) is 0 Å². The molecule has 0 aliphatic heterocycles. The first-order chi connectivity index (χ1) is 13.6. The van der Waals surface area contributed by atoms with E-state index in [1.807, 2.05) is 23.6 Å². The molecule has 0 radical (unpaired) electrons. The van der Waals surface area contributed by atoms with Gasteiger partial charge in [0.25, 0.3) is 0 Å². The molecule has 1 fully saturated rings. The molecule has 0 unspecified atom stereocenters. The summed E-state index contributed by atoms with van der Waals surface area (Å²) in [6.07, 6.45) is 8.61. The first-order valence-electron chi connectivity index (χ1n) is 9.04. The van der Waals surface area contributed by atoms with Gasteiger partial charge >= 0.3 is 0 Å². The predicted molar refractivity (Wildman–Crippen MR) is 103 cm³/mol. The highest BCUT2D eigenvalue weighted by atomic mass is 16.1. The summed E-state index contributed by atoms with van der Waals surface area (Å²) in [5.74, 6) is 0.402. The van der Waals surface area contributed by atoms with Crippen LogP contribution in [0.2, 0.25) is 0 Å². The van der Waals surface area contributed by atoms with Crippen molar-refractivity contribution in [1.82, 2.24) is 29.5 Å². The van der Waals surface area contributed by atoms with Gasteiger partial charge in [-0.15, -0.1) is 0 Å². The van der Waals surface area contributed by atoms with Gasteiger partial charge in [0.2, 0.25) is 5.91 Å². The first kappa shape index (κ1) is 16.5. The third-order valence-corrected chi connectivity index (χ3v) is 5.02. The maximum atomic E-state index is 12.0. The van der Waals surface area contributed by atoms with Crippen LogP contribution in [0.1, 0.15) is 40.2 Å². The second-order valence-electron chi connectivity index (χ2n) is 6.91. The molecule has 0 bridgehead atoms. The Labute approximate surface area is 160 Å². The number of benzene rings is 1. The summed E-state index contributed by atoms with van der Waals surface area (Å²) < 4.78 is 1.92. The van der Waals surface area contributed by atoms with Crippen molar-refractivity contribution in [1.29, 1.82) is 0 Å². The van der Waals surface area contributed by atoms with Crippen LogP contribution in [0.3, 0.4) is 0 Å². The summed E-state index contributed by atoms with van der Waals surface area (Å²) in [7, 11) is 0. The van der Waals surface area contributed by atoms with E-state index in [4.69, 9.17) is 5.73 Å². The van der Waals surface area contributed by atoms with Crippen LogP contribution >= 0.6 is 0 Å².